The highest BCUT2D eigenvalue weighted by molar-refractivity contribution is 4.93. The summed E-state index contributed by atoms with van der Waals surface area (Å²) in [5.74, 6) is 0.901. The van der Waals surface area contributed by atoms with E-state index in [-0.39, 0.29) is 0 Å². The van der Waals surface area contributed by atoms with Gasteiger partial charge in [-0.2, -0.15) is 0 Å². The van der Waals surface area contributed by atoms with Crippen molar-refractivity contribution in [2.45, 2.75) is 50.8 Å². The fraction of sp³-hybridized carbons (Fsp3) is 1.00. The second-order valence-corrected chi connectivity index (χ2v) is 5.75. The van der Waals surface area contributed by atoms with Gasteiger partial charge in [0.05, 0.1) is 6.10 Å². The van der Waals surface area contributed by atoms with Gasteiger partial charge in [0, 0.05) is 25.2 Å². The van der Waals surface area contributed by atoms with Crippen molar-refractivity contribution in [2.75, 3.05) is 26.2 Å². The minimum Gasteiger partial charge on any atom is -0.377 e. The summed E-state index contributed by atoms with van der Waals surface area (Å²) >= 11 is 0. The van der Waals surface area contributed by atoms with Crippen LogP contribution < -0.4 is 5.32 Å². The van der Waals surface area contributed by atoms with Crippen molar-refractivity contribution in [3.8, 4) is 0 Å². The van der Waals surface area contributed by atoms with E-state index in [4.69, 9.17) is 4.74 Å². The highest BCUT2D eigenvalue weighted by atomic mass is 16.5. The van der Waals surface area contributed by atoms with E-state index in [0.717, 1.165) is 18.6 Å². The Morgan fingerprint density at radius 3 is 2.94 bits per heavy atom. The molecule has 0 spiro atoms. The van der Waals surface area contributed by atoms with E-state index < -0.39 is 0 Å². The highest BCUT2D eigenvalue weighted by Crippen LogP contribution is 2.28. The van der Waals surface area contributed by atoms with Crippen LogP contribution in [0.15, 0.2) is 0 Å². The molecule has 0 aromatic heterocycles. The third-order valence-electron chi connectivity index (χ3n) is 4.63. The van der Waals surface area contributed by atoms with Crippen LogP contribution in [0, 0.1) is 5.92 Å². The molecule has 2 bridgehead atoms. The zero-order chi connectivity index (χ0) is 11.0. The lowest BCUT2D eigenvalue weighted by Crippen LogP contribution is -2.50. The van der Waals surface area contributed by atoms with Gasteiger partial charge in [-0.25, -0.2) is 0 Å². The predicted octanol–water partition coefficient (Wildman–Crippen LogP) is 1.24. The number of hydrogen-bond donors (Lipinski definition) is 1. The van der Waals surface area contributed by atoms with Gasteiger partial charge >= 0.3 is 0 Å². The van der Waals surface area contributed by atoms with Crippen LogP contribution in [0.1, 0.15) is 32.6 Å². The topological polar surface area (TPSA) is 24.5 Å². The Morgan fingerprint density at radius 2 is 2.12 bits per heavy atom. The maximum atomic E-state index is 5.76. The summed E-state index contributed by atoms with van der Waals surface area (Å²) in [6.07, 6.45) is 5.70. The molecule has 1 N–H and O–H groups in total. The highest BCUT2D eigenvalue weighted by Gasteiger charge is 2.35. The number of hydrogen-bond acceptors (Lipinski definition) is 3. The quantitative estimate of drug-likeness (QED) is 0.780. The molecule has 3 fully saturated rings. The fourth-order valence-electron chi connectivity index (χ4n) is 3.61. The van der Waals surface area contributed by atoms with Gasteiger partial charge in [-0.3, -0.25) is 0 Å². The van der Waals surface area contributed by atoms with Crippen LogP contribution in [-0.2, 0) is 4.74 Å². The molecule has 16 heavy (non-hydrogen) atoms. The molecule has 3 aliphatic heterocycles. The second kappa shape index (κ2) is 4.63. The van der Waals surface area contributed by atoms with Crippen molar-refractivity contribution in [1.82, 2.24) is 10.2 Å². The van der Waals surface area contributed by atoms with Gasteiger partial charge in [0.1, 0.15) is 0 Å². The Kier molecular flexibility index (Phi) is 3.18. The van der Waals surface area contributed by atoms with E-state index in [0.29, 0.717) is 12.1 Å². The Hall–Kier alpha value is -0.120. The maximum Gasteiger partial charge on any atom is 0.0726 e. The molecule has 3 saturated heterocycles. The van der Waals surface area contributed by atoms with Crippen LogP contribution in [0.2, 0.25) is 0 Å². The molecular weight excluding hydrogens is 200 g/mol. The molecule has 0 saturated carbocycles. The van der Waals surface area contributed by atoms with Crippen molar-refractivity contribution in [1.29, 1.82) is 0 Å². The Balaban J connectivity index is 1.53. The fourth-order valence-corrected chi connectivity index (χ4v) is 3.61. The molecule has 92 valence electrons. The second-order valence-electron chi connectivity index (χ2n) is 5.75. The van der Waals surface area contributed by atoms with E-state index in [2.05, 4.69) is 17.1 Å². The smallest absolute Gasteiger partial charge is 0.0726 e. The molecule has 0 radical (unpaired) electrons. The van der Waals surface area contributed by atoms with Crippen LogP contribution in [0.25, 0.3) is 0 Å². The van der Waals surface area contributed by atoms with Gasteiger partial charge < -0.3 is 15.0 Å². The van der Waals surface area contributed by atoms with Crippen molar-refractivity contribution in [3.05, 3.63) is 0 Å². The Bertz CT molecular complexity index is 240. The third-order valence-corrected chi connectivity index (χ3v) is 4.63. The Morgan fingerprint density at radius 1 is 1.25 bits per heavy atom. The molecular formula is C13H24N2O. The van der Waals surface area contributed by atoms with Crippen LogP contribution in [0.5, 0.6) is 0 Å². The normalized spacial score (nSPS) is 44.8. The zero-order valence-electron chi connectivity index (χ0n) is 10.3. The predicted molar refractivity (Wildman–Crippen MR) is 64.5 cm³/mol. The van der Waals surface area contributed by atoms with Crippen LogP contribution in [-0.4, -0.2) is 49.3 Å². The van der Waals surface area contributed by atoms with Crippen molar-refractivity contribution >= 4 is 0 Å². The first-order chi connectivity index (χ1) is 7.83. The maximum absolute atomic E-state index is 5.76. The Labute approximate surface area is 98.5 Å². The van der Waals surface area contributed by atoms with E-state index >= 15 is 0 Å². The zero-order valence-corrected chi connectivity index (χ0v) is 10.3. The molecule has 0 aromatic carbocycles. The van der Waals surface area contributed by atoms with Crippen LogP contribution in [0.3, 0.4) is 0 Å². The SMILES string of the molecule is CC(NC1CCN2CCC1C2)C1CCCO1. The largest absolute Gasteiger partial charge is 0.377 e. The molecule has 3 heteroatoms. The van der Waals surface area contributed by atoms with Crippen LogP contribution in [0.4, 0.5) is 0 Å². The van der Waals surface area contributed by atoms with E-state index in [1.807, 2.05) is 0 Å². The molecule has 5 unspecified atom stereocenters. The molecule has 3 heterocycles. The number of rotatable bonds is 3. The lowest BCUT2D eigenvalue weighted by Gasteiger charge is -2.34. The number of fused-ring (bicyclic) bond motifs is 2. The van der Waals surface area contributed by atoms with Crippen molar-refractivity contribution in [3.63, 3.8) is 0 Å². The number of nitrogens with zero attached hydrogens (tertiary/aromatic N) is 1. The van der Waals surface area contributed by atoms with E-state index in [9.17, 15) is 0 Å². The summed E-state index contributed by atoms with van der Waals surface area (Å²) in [4.78, 5) is 2.61. The first-order valence-electron chi connectivity index (χ1n) is 6.93. The molecule has 5 atom stereocenters. The van der Waals surface area contributed by atoms with Gasteiger partial charge in [0.25, 0.3) is 0 Å². The number of nitrogens with one attached hydrogen (secondary N) is 1. The monoisotopic (exact) mass is 224 g/mol. The molecule has 3 aliphatic rings. The minimum absolute atomic E-state index is 0.472. The average Bonchev–Trinajstić information content (AvgIpc) is 2.93. The number of ether oxygens (including phenoxy) is 1. The van der Waals surface area contributed by atoms with Crippen molar-refractivity contribution < 1.29 is 4.74 Å². The van der Waals surface area contributed by atoms with Gasteiger partial charge in [0.15, 0.2) is 0 Å². The van der Waals surface area contributed by atoms with Gasteiger partial charge in [-0.05, 0) is 51.6 Å². The molecule has 0 aromatic rings. The average molecular weight is 224 g/mol. The lowest BCUT2D eigenvalue weighted by atomic mass is 9.93. The molecule has 3 nitrogen and oxygen atoms in total. The van der Waals surface area contributed by atoms with Gasteiger partial charge in [-0.1, -0.05) is 0 Å². The van der Waals surface area contributed by atoms with Gasteiger partial charge in [-0.15, -0.1) is 0 Å². The lowest BCUT2D eigenvalue weighted by molar-refractivity contribution is 0.0725. The minimum atomic E-state index is 0.472. The van der Waals surface area contributed by atoms with Crippen molar-refractivity contribution in [2.24, 2.45) is 5.92 Å². The molecule has 3 rings (SSSR count). The van der Waals surface area contributed by atoms with Crippen LogP contribution >= 0.6 is 0 Å². The molecule has 0 aliphatic carbocycles. The summed E-state index contributed by atoms with van der Waals surface area (Å²) in [6.45, 7) is 7.23. The summed E-state index contributed by atoms with van der Waals surface area (Å²) in [5, 5.41) is 3.84. The standard InChI is InChI=1S/C13H24N2O/c1-10(13-3-2-8-16-13)14-12-5-7-15-6-4-11(12)9-15/h10-14H,2-9H2,1H3. The first kappa shape index (κ1) is 11.0. The summed E-state index contributed by atoms with van der Waals surface area (Å²) in [5.41, 5.74) is 0. The first-order valence-corrected chi connectivity index (χ1v) is 6.93. The summed E-state index contributed by atoms with van der Waals surface area (Å²) in [7, 11) is 0. The van der Waals surface area contributed by atoms with Gasteiger partial charge in [0.2, 0.25) is 0 Å². The third kappa shape index (κ3) is 2.13. The van der Waals surface area contributed by atoms with E-state index in [1.165, 1.54) is 45.3 Å². The molecule has 0 amide bonds. The summed E-state index contributed by atoms with van der Waals surface area (Å²) in [6, 6.07) is 1.29. The van der Waals surface area contributed by atoms with E-state index in [1.54, 1.807) is 0 Å². The summed E-state index contributed by atoms with van der Waals surface area (Å²) < 4.78 is 5.76. The number of piperidine rings is 1.